The first-order valence-electron chi connectivity index (χ1n) is 4.82. The van der Waals surface area contributed by atoms with Gasteiger partial charge in [0.1, 0.15) is 0 Å². The third kappa shape index (κ3) is 4.97. The zero-order valence-electron chi connectivity index (χ0n) is 9.09. The predicted octanol–water partition coefficient (Wildman–Crippen LogP) is 3.01. The number of aromatic nitrogens is 1. The van der Waals surface area contributed by atoms with Gasteiger partial charge in [0, 0.05) is 24.9 Å². The Labute approximate surface area is 99.9 Å². The van der Waals surface area contributed by atoms with E-state index in [9.17, 15) is 0 Å². The first-order valence-corrected chi connectivity index (χ1v) is 7.12. The number of hydrogen-bond acceptors (Lipinski definition) is 4. The molecule has 86 valence electrons. The van der Waals surface area contributed by atoms with Crippen molar-refractivity contribution in [3.63, 3.8) is 0 Å². The van der Waals surface area contributed by atoms with Crippen LogP contribution in [0.25, 0.3) is 0 Å². The summed E-state index contributed by atoms with van der Waals surface area (Å²) >= 11 is 2.82. The minimum atomic E-state index is 0.361. The summed E-state index contributed by atoms with van der Waals surface area (Å²) in [5, 5.41) is 0. The second-order valence-electron chi connectivity index (χ2n) is 3.01. The molecule has 0 N–H and O–H groups in total. The van der Waals surface area contributed by atoms with Crippen molar-refractivity contribution in [3.05, 3.63) is 24.5 Å². The lowest BCUT2D eigenvalue weighted by Gasteiger charge is -2.17. The van der Waals surface area contributed by atoms with Crippen LogP contribution in [0.5, 0.6) is 0 Å². The van der Waals surface area contributed by atoms with Gasteiger partial charge in [-0.05, 0) is 42.6 Å². The molecule has 0 bridgehead atoms. The maximum absolute atomic E-state index is 5.38. The van der Waals surface area contributed by atoms with Crippen LogP contribution in [0.15, 0.2) is 24.5 Å². The van der Waals surface area contributed by atoms with Crippen LogP contribution >= 0.6 is 24.1 Å². The van der Waals surface area contributed by atoms with Crippen LogP contribution in [0, 0.1) is 0 Å². The van der Waals surface area contributed by atoms with E-state index < -0.39 is 0 Å². The minimum Gasteiger partial charge on any atom is -0.349 e. The van der Waals surface area contributed by atoms with Gasteiger partial charge in [0.15, 0.2) is 0 Å². The minimum absolute atomic E-state index is 0.361. The predicted molar refractivity (Wildman–Crippen MR) is 67.0 cm³/mol. The molecule has 1 aromatic rings. The summed E-state index contributed by atoms with van der Waals surface area (Å²) in [5.41, 5.74) is 0. The third-order valence-corrected chi connectivity index (χ3v) is 2.85. The average Bonchev–Trinajstić information content (AvgIpc) is 2.76. The van der Waals surface area contributed by atoms with Crippen molar-refractivity contribution in [2.45, 2.75) is 12.5 Å². The van der Waals surface area contributed by atoms with Gasteiger partial charge in [-0.3, -0.25) is 0 Å². The molecule has 1 unspecified atom stereocenters. The molecule has 15 heavy (non-hydrogen) atoms. The maximum atomic E-state index is 5.38. The quantitative estimate of drug-likeness (QED) is 0.520. The molecule has 1 rings (SSSR count). The van der Waals surface area contributed by atoms with Crippen molar-refractivity contribution in [2.75, 3.05) is 25.7 Å². The molecule has 3 nitrogen and oxygen atoms in total. The molecule has 0 fully saturated rings. The largest absolute Gasteiger partial charge is 0.349 e. The standard InChI is InChI=1S/C10H17NO2S2/c1-14-12-8-5-10(9-13-15-2)11-6-3-4-7-11/h3-4,6-7,10H,5,8-9H2,1-2H3. The molecule has 1 heterocycles. The van der Waals surface area contributed by atoms with Crippen LogP contribution < -0.4 is 0 Å². The lowest BCUT2D eigenvalue weighted by Crippen LogP contribution is -2.14. The molecule has 5 heteroatoms. The summed E-state index contributed by atoms with van der Waals surface area (Å²) in [4.78, 5) is 0. The van der Waals surface area contributed by atoms with E-state index >= 15 is 0 Å². The van der Waals surface area contributed by atoms with Crippen LogP contribution in [-0.2, 0) is 8.37 Å². The van der Waals surface area contributed by atoms with Crippen molar-refractivity contribution >= 4 is 24.1 Å². The highest BCUT2D eigenvalue weighted by Crippen LogP contribution is 2.15. The Bertz CT molecular complexity index is 242. The van der Waals surface area contributed by atoms with Gasteiger partial charge in [0.05, 0.1) is 19.3 Å². The molecule has 0 aliphatic carbocycles. The Balaban J connectivity index is 2.39. The Morgan fingerprint density at radius 3 is 2.40 bits per heavy atom. The van der Waals surface area contributed by atoms with Gasteiger partial charge in [0.2, 0.25) is 0 Å². The number of nitrogens with zero attached hydrogens (tertiary/aromatic N) is 1. The molecular formula is C10H17NO2S2. The first-order chi connectivity index (χ1) is 7.38. The Morgan fingerprint density at radius 1 is 1.13 bits per heavy atom. The van der Waals surface area contributed by atoms with Gasteiger partial charge >= 0.3 is 0 Å². The van der Waals surface area contributed by atoms with Crippen molar-refractivity contribution in [2.24, 2.45) is 0 Å². The average molecular weight is 247 g/mol. The molecule has 1 aromatic heterocycles. The molecule has 0 saturated carbocycles. The van der Waals surface area contributed by atoms with Crippen molar-refractivity contribution in [3.8, 4) is 0 Å². The maximum Gasteiger partial charge on any atom is 0.0822 e. The molecule has 1 atom stereocenters. The Morgan fingerprint density at radius 2 is 1.80 bits per heavy atom. The molecule has 0 spiro atoms. The molecular weight excluding hydrogens is 230 g/mol. The van der Waals surface area contributed by atoms with E-state index in [0.717, 1.165) is 13.0 Å². The SMILES string of the molecule is CSOCCC(COSC)n1cccc1. The van der Waals surface area contributed by atoms with E-state index in [1.807, 2.05) is 24.6 Å². The third-order valence-electron chi connectivity index (χ3n) is 2.08. The van der Waals surface area contributed by atoms with Crippen LogP contribution in [0.3, 0.4) is 0 Å². The van der Waals surface area contributed by atoms with Gasteiger partial charge in [-0.25, -0.2) is 0 Å². The van der Waals surface area contributed by atoms with Crippen LogP contribution in [-0.4, -0.2) is 30.3 Å². The zero-order valence-corrected chi connectivity index (χ0v) is 10.7. The van der Waals surface area contributed by atoms with E-state index in [1.54, 1.807) is 0 Å². The van der Waals surface area contributed by atoms with Crippen molar-refractivity contribution < 1.29 is 8.37 Å². The number of hydrogen-bond donors (Lipinski definition) is 0. The molecule has 0 saturated heterocycles. The Hall–Kier alpha value is -0.100. The number of rotatable bonds is 8. The van der Waals surface area contributed by atoms with Gasteiger partial charge in [-0.1, -0.05) is 0 Å². The topological polar surface area (TPSA) is 23.4 Å². The molecule has 0 aliphatic rings. The highest BCUT2D eigenvalue weighted by atomic mass is 32.2. The fourth-order valence-corrected chi connectivity index (χ4v) is 1.88. The summed E-state index contributed by atoms with van der Waals surface area (Å²) in [6.45, 7) is 1.47. The van der Waals surface area contributed by atoms with Crippen molar-refractivity contribution in [1.29, 1.82) is 0 Å². The molecule has 0 aromatic carbocycles. The van der Waals surface area contributed by atoms with Crippen LogP contribution in [0.2, 0.25) is 0 Å². The highest BCUT2D eigenvalue weighted by molar-refractivity contribution is 7.94. The molecule has 0 aliphatic heterocycles. The van der Waals surface area contributed by atoms with E-state index in [2.05, 4.69) is 17.0 Å². The highest BCUT2D eigenvalue weighted by Gasteiger charge is 2.10. The Kier molecular flexibility index (Phi) is 7.00. The summed E-state index contributed by atoms with van der Waals surface area (Å²) < 4.78 is 12.8. The summed E-state index contributed by atoms with van der Waals surface area (Å²) in [6, 6.07) is 4.42. The zero-order chi connectivity index (χ0) is 10.9. The summed E-state index contributed by atoms with van der Waals surface area (Å²) in [7, 11) is 0. The van der Waals surface area contributed by atoms with E-state index in [0.29, 0.717) is 12.6 Å². The molecule has 0 amide bonds. The fourth-order valence-electron chi connectivity index (χ4n) is 1.32. The normalized spacial score (nSPS) is 12.9. The van der Waals surface area contributed by atoms with Gasteiger partial charge in [0.25, 0.3) is 0 Å². The smallest absolute Gasteiger partial charge is 0.0822 e. The van der Waals surface area contributed by atoms with E-state index in [-0.39, 0.29) is 0 Å². The van der Waals surface area contributed by atoms with Crippen LogP contribution in [0.4, 0.5) is 0 Å². The lowest BCUT2D eigenvalue weighted by molar-refractivity contribution is 0.243. The van der Waals surface area contributed by atoms with Gasteiger partial charge in [-0.15, -0.1) is 0 Å². The van der Waals surface area contributed by atoms with Gasteiger partial charge < -0.3 is 12.9 Å². The van der Waals surface area contributed by atoms with E-state index in [1.165, 1.54) is 24.1 Å². The van der Waals surface area contributed by atoms with Crippen molar-refractivity contribution in [1.82, 2.24) is 4.57 Å². The summed E-state index contributed by atoms with van der Waals surface area (Å²) in [6.07, 6.45) is 8.96. The second-order valence-corrected chi connectivity index (χ2v) is 4.15. The first kappa shape index (κ1) is 13.0. The lowest BCUT2D eigenvalue weighted by atomic mass is 10.2. The van der Waals surface area contributed by atoms with Gasteiger partial charge in [-0.2, -0.15) is 0 Å². The summed E-state index contributed by atoms with van der Waals surface area (Å²) in [5.74, 6) is 0. The van der Waals surface area contributed by atoms with E-state index in [4.69, 9.17) is 8.37 Å². The molecule has 0 radical (unpaired) electrons. The monoisotopic (exact) mass is 247 g/mol. The van der Waals surface area contributed by atoms with Crippen LogP contribution in [0.1, 0.15) is 12.5 Å². The fraction of sp³-hybridized carbons (Fsp3) is 0.600. The second kappa shape index (κ2) is 8.10.